The van der Waals surface area contributed by atoms with Crippen molar-refractivity contribution in [2.75, 3.05) is 18.5 Å². The highest BCUT2D eigenvalue weighted by Crippen LogP contribution is 2.29. The fraction of sp³-hybridized carbons (Fsp3) is 0.438. The number of nitrogens with zero attached hydrogens (tertiary/aromatic N) is 5. The van der Waals surface area contributed by atoms with Gasteiger partial charge in [-0.3, -0.25) is 4.68 Å². The van der Waals surface area contributed by atoms with E-state index >= 15 is 0 Å². The molecule has 0 aliphatic carbocycles. The van der Waals surface area contributed by atoms with Crippen LogP contribution in [0.25, 0.3) is 11.0 Å². The zero-order valence-electron chi connectivity index (χ0n) is 13.7. The summed E-state index contributed by atoms with van der Waals surface area (Å²) in [6.45, 7) is 4.32. The largest absolute Gasteiger partial charge is 0.381 e. The van der Waals surface area contributed by atoms with Gasteiger partial charge in [0.1, 0.15) is 5.65 Å². The molecule has 1 saturated heterocycles. The Labute approximate surface area is 154 Å². The van der Waals surface area contributed by atoms with E-state index in [4.69, 9.17) is 27.9 Å². The first kappa shape index (κ1) is 16.6. The van der Waals surface area contributed by atoms with Crippen molar-refractivity contribution >= 4 is 45.9 Å². The third-order valence-corrected chi connectivity index (χ3v) is 4.99. The van der Waals surface area contributed by atoms with Gasteiger partial charge in [0.15, 0.2) is 5.15 Å². The summed E-state index contributed by atoms with van der Waals surface area (Å²) < 4.78 is 9.28. The van der Waals surface area contributed by atoms with Crippen molar-refractivity contribution in [1.29, 1.82) is 0 Å². The third-order valence-electron chi connectivity index (χ3n) is 4.41. The SMILES string of the molecule is CCn1cc(Cl)c2cnc(Nc3cn(C4CCOCC4)nc3Cl)nc21. The molecule has 1 fully saturated rings. The van der Waals surface area contributed by atoms with Gasteiger partial charge in [0.25, 0.3) is 0 Å². The molecule has 4 heterocycles. The number of anilines is 2. The van der Waals surface area contributed by atoms with Crippen molar-refractivity contribution in [1.82, 2.24) is 24.3 Å². The molecule has 0 radical (unpaired) electrons. The molecule has 25 heavy (non-hydrogen) atoms. The predicted molar refractivity (Wildman–Crippen MR) is 97.8 cm³/mol. The van der Waals surface area contributed by atoms with E-state index in [1.807, 2.05) is 28.6 Å². The molecule has 0 saturated carbocycles. The van der Waals surface area contributed by atoms with Gasteiger partial charge in [-0.05, 0) is 19.8 Å². The maximum atomic E-state index is 6.29. The van der Waals surface area contributed by atoms with Crippen molar-refractivity contribution in [2.24, 2.45) is 0 Å². The van der Waals surface area contributed by atoms with E-state index in [-0.39, 0.29) is 0 Å². The maximum absolute atomic E-state index is 6.29. The van der Waals surface area contributed by atoms with Crippen molar-refractivity contribution in [3.8, 4) is 0 Å². The lowest BCUT2D eigenvalue weighted by Crippen LogP contribution is -2.19. The smallest absolute Gasteiger partial charge is 0.229 e. The van der Waals surface area contributed by atoms with E-state index in [0.717, 1.165) is 43.6 Å². The molecular weight excluding hydrogens is 363 g/mol. The van der Waals surface area contributed by atoms with Crippen LogP contribution < -0.4 is 5.32 Å². The molecule has 0 bridgehead atoms. The number of ether oxygens (including phenoxy) is 1. The van der Waals surface area contributed by atoms with Crippen LogP contribution in [0.1, 0.15) is 25.8 Å². The van der Waals surface area contributed by atoms with E-state index in [0.29, 0.717) is 27.9 Å². The minimum absolute atomic E-state index is 0.307. The number of rotatable bonds is 4. The second-order valence-corrected chi connectivity index (χ2v) is 6.74. The average Bonchev–Trinajstić information content (AvgIpc) is 3.16. The first-order valence-corrected chi connectivity index (χ1v) is 9.02. The third kappa shape index (κ3) is 3.19. The first-order chi connectivity index (χ1) is 12.2. The average molecular weight is 381 g/mol. The molecule has 3 aromatic rings. The minimum atomic E-state index is 0.307. The molecule has 0 atom stereocenters. The molecule has 4 rings (SSSR count). The van der Waals surface area contributed by atoms with Gasteiger partial charge in [-0.25, -0.2) is 4.98 Å². The minimum Gasteiger partial charge on any atom is -0.381 e. The maximum Gasteiger partial charge on any atom is 0.229 e. The Bertz CT molecular complexity index is 900. The summed E-state index contributed by atoms with van der Waals surface area (Å²) in [5.74, 6) is 0.463. The molecule has 1 N–H and O–H groups in total. The molecular formula is C16H18Cl2N6O. The Morgan fingerprint density at radius 1 is 1.28 bits per heavy atom. The van der Waals surface area contributed by atoms with Gasteiger partial charge in [-0.2, -0.15) is 10.1 Å². The molecule has 0 aromatic carbocycles. The number of hydrogen-bond donors (Lipinski definition) is 1. The molecule has 132 valence electrons. The predicted octanol–water partition coefficient (Wildman–Crippen LogP) is 4.05. The van der Waals surface area contributed by atoms with E-state index in [1.54, 1.807) is 6.20 Å². The van der Waals surface area contributed by atoms with Crippen LogP contribution in [-0.2, 0) is 11.3 Å². The van der Waals surface area contributed by atoms with Crippen molar-refractivity contribution in [3.05, 3.63) is 28.8 Å². The van der Waals surface area contributed by atoms with Crippen LogP contribution in [0.2, 0.25) is 10.2 Å². The van der Waals surface area contributed by atoms with Crippen LogP contribution in [0, 0.1) is 0 Å². The number of halogens is 2. The lowest BCUT2D eigenvalue weighted by atomic mass is 10.1. The van der Waals surface area contributed by atoms with Crippen molar-refractivity contribution < 1.29 is 4.74 Å². The van der Waals surface area contributed by atoms with Crippen LogP contribution in [0.5, 0.6) is 0 Å². The van der Waals surface area contributed by atoms with Gasteiger partial charge in [0.05, 0.1) is 28.3 Å². The Hall–Kier alpha value is -1.83. The lowest BCUT2D eigenvalue weighted by molar-refractivity contribution is 0.0662. The highest BCUT2D eigenvalue weighted by molar-refractivity contribution is 6.35. The topological polar surface area (TPSA) is 69.8 Å². The Balaban J connectivity index is 1.61. The zero-order valence-corrected chi connectivity index (χ0v) is 15.3. The highest BCUT2D eigenvalue weighted by atomic mass is 35.5. The van der Waals surface area contributed by atoms with E-state index in [2.05, 4.69) is 20.4 Å². The lowest BCUT2D eigenvalue weighted by Gasteiger charge is -2.22. The highest BCUT2D eigenvalue weighted by Gasteiger charge is 2.19. The zero-order chi connectivity index (χ0) is 17.4. The first-order valence-electron chi connectivity index (χ1n) is 8.26. The van der Waals surface area contributed by atoms with Gasteiger partial charge >= 0.3 is 0 Å². The molecule has 7 nitrogen and oxygen atoms in total. The fourth-order valence-electron chi connectivity index (χ4n) is 3.04. The second-order valence-electron chi connectivity index (χ2n) is 5.98. The number of fused-ring (bicyclic) bond motifs is 1. The molecule has 1 aliphatic heterocycles. The normalized spacial score (nSPS) is 15.8. The summed E-state index contributed by atoms with van der Waals surface area (Å²) in [4.78, 5) is 8.90. The second kappa shape index (κ2) is 6.82. The van der Waals surface area contributed by atoms with E-state index < -0.39 is 0 Å². The van der Waals surface area contributed by atoms with E-state index in [9.17, 15) is 0 Å². The number of hydrogen-bond acceptors (Lipinski definition) is 5. The number of aryl methyl sites for hydroxylation is 1. The summed E-state index contributed by atoms with van der Waals surface area (Å²) in [5, 5.41) is 9.45. The van der Waals surface area contributed by atoms with Crippen LogP contribution >= 0.6 is 23.2 Å². The quantitative estimate of drug-likeness (QED) is 0.739. The standard InChI is InChI=1S/C16H18Cl2N6O/c1-2-23-8-12(17)11-7-19-16(21-15(11)23)20-13-9-24(22-14(13)18)10-3-5-25-6-4-10/h7-10H,2-6H2,1H3,(H,19,20,21). The van der Waals surface area contributed by atoms with Gasteiger partial charge in [-0.1, -0.05) is 23.2 Å². The van der Waals surface area contributed by atoms with Gasteiger partial charge < -0.3 is 14.6 Å². The monoisotopic (exact) mass is 380 g/mol. The number of nitrogens with one attached hydrogen (secondary N) is 1. The summed E-state index contributed by atoms with van der Waals surface area (Å²) in [6, 6.07) is 0.307. The Morgan fingerprint density at radius 2 is 2.08 bits per heavy atom. The summed E-state index contributed by atoms with van der Waals surface area (Å²) in [6.07, 6.45) is 7.35. The molecule has 9 heteroatoms. The summed E-state index contributed by atoms with van der Waals surface area (Å²) in [7, 11) is 0. The molecule has 3 aromatic heterocycles. The number of aromatic nitrogens is 5. The van der Waals surface area contributed by atoms with Gasteiger partial charge in [-0.15, -0.1) is 0 Å². The molecule has 1 aliphatic rings. The van der Waals surface area contributed by atoms with Crippen LogP contribution in [0.3, 0.4) is 0 Å². The fourth-order valence-corrected chi connectivity index (χ4v) is 3.47. The van der Waals surface area contributed by atoms with Gasteiger partial charge in [0, 0.05) is 32.2 Å². The van der Waals surface area contributed by atoms with Crippen LogP contribution in [0.4, 0.5) is 11.6 Å². The van der Waals surface area contributed by atoms with E-state index in [1.165, 1.54) is 0 Å². The Morgan fingerprint density at radius 3 is 2.84 bits per heavy atom. The molecule has 0 unspecified atom stereocenters. The Kier molecular flexibility index (Phi) is 4.54. The van der Waals surface area contributed by atoms with Crippen molar-refractivity contribution in [2.45, 2.75) is 32.4 Å². The summed E-state index contributed by atoms with van der Waals surface area (Å²) in [5.41, 5.74) is 1.48. The van der Waals surface area contributed by atoms with Gasteiger partial charge in [0.2, 0.25) is 5.95 Å². The van der Waals surface area contributed by atoms with Crippen LogP contribution in [-0.4, -0.2) is 37.5 Å². The molecule has 0 amide bonds. The molecule has 0 spiro atoms. The summed E-state index contributed by atoms with van der Waals surface area (Å²) >= 11 is 12.5. The van der Waals surface area contributed by atoms with Crippen molar-refractivity contribution in [3.63, 3.8) is 0 Å². The van der Waals surface area contributed by atoms with Crippen LogP contribution in [0.15, 0.2) is 18.6 Å².